The predicted molar refractivity (Wildman–Crippen MR) is 91.7 cm³/mol. The molecular weight excluding hydrogens is 329 g/mol. The summed E-state index contributed by atoms with van der Waals surface area (Å²) >= 11 is 1.23. The number of nitriles is 1. The van der Waals surface area contributed by atoms with Crippen molar-refractivity contribution in [1.82, 2.24) is 9.97 Å². The van der Waals surface area contributed by atoms with Gasteiger partial charge in [0.1, 0.15) is 28.9 Å². The second kappa shape index (κ2) is 7.97. The van der Waals surface area contributed by atoms with Crippen molar-refractivity contribution in [2.45, 2.75) is 25.4 Å². The Kier molecular flexibility index (Phi) is 5.99. The van der Waals surface area contributed by atoms with Crippen LogP contribution in [0.15, 0.2) is 28.2 Å². The molecule has 0 aliphatic carbocycles. The Bertz CT molecular complexity index is 828. The Morgan fingerprint density at radius 1 is 1.46 bits per heavy atom. The smallest absolute Gasteiger partial charge is 0.270 e. The minimum atomic E-state index is -0.552. The minimum absolute atomic E-state index is 0.129. The van der Waals surface area contributed by atoms with E-state index in [1.54, 1.807) is 6.26 Å². The van der Waals surface area contributed by atoms with E-state index in [1.807, 2.05) is 6.07 Å². The summed E-state index contributed by atoms with van der Waals surface area (Å²) in [5.41, 5.74) is -0.280. The van der Waals surface area contributed by atoms with Crippen LogP contribution in [0.25, 0.3) is 11.3 Å². The van der Waals surface area contributed by atoms with E-state index in [0.29, 0.717) is 29.0 Å². The van der Waals surface area contributed by atoms with Gasteiger partial charge in [0.05, 0.1) is 6.61 Å². The normalized spacial score (nSPS) is 10.7. The number of hydrogen-bond donors (Lipinski definition) is 1. The molecule has 0 saturated carbocycles. The molecule has 0 aliphatic heterocycles. The molecule has 2 aromatic rings. The molecule has 7 heteroatoms. The Hall–Kier alpha value is -2.33. The molecule has 5 nitrogen and oxygen atoms in total. The van der Waals surface area contributed by atoms with E-state index in [9.17, 15) is 14.4 Å². The van der Waals surface area contributed by atoms with Gasteiger partial charge in [-0.25, -0.2) is 9.37 Å². The van der Waals surface area contributed by atoms with Gasteiger partial charge in [0.2, 0.25) is 0 Å². The van der Waals surface area contributed by atoms with Crippen LogP contribution >= 0.6 is 11.8 Å². The van der Waals surface area contributed by atoms with Crippen molar-refractivity contribution in [3.05, 3.63) is 39.9 Å². The van der Waals surface area contributed by atoms with Crippen LogP contribution in [0.1, 0.15) is 25.8 Å². The third-order valence-electron chi connectivity index (χ3n) is 3.35. The second-order valence-corrected chi connectivity index (χ2v) is 6.38. The van der Waals surface area contributed by atoms with Gasteiger partial charge < -0.3 is 9.72 Å². The summed E-state index contributed by atoms with van der Waals surface area (Å²) in [6.45, 7) is 4.61. The number of halogens is 1. The van der Waals surface area contributed by atoms with Crippen LogP contribution in [0.3, 0.4) is 0 Å². The second-order valence-electron chi connectivity index (χ2n) is 5.58. The SMILES string of the molecule is CSc1nc(-c2cc(F)ccc2OCCC(C)C)c(C#N)c(=O)[nH]1. The molecule has 0 spiro atoms. The summed E-state index contributed by atoms with van der Waals surface area (Å²) in [5, 5.41) is 9.63. The van der Waals surface area contributed by atoms with Crippen LogP contribution in [0.2, 0.25) is 0 Å². The molecule has 0 amide bonds. The van der Waals surface area contributed by atoms with Crippen LogP contribution in [0, 0.1) is 23.1 Å². The minimum Gasteiger partial charge on any atom is -0.493 e. The summed E-state index contributed by atoms with van der Waals surface area (Å²) in [5.74, 6) is 0.376. The summed E-state index contributed by atoms with van der Waals surface area (Å²) in [4.78, 5) is 18.9. The zero-order valence-electron chi connectivity index (χ0n) is 13.7. The molecule has 0 saturated heterocycles. The number of benzene rings is 1. The Morgan fingerprint density at radius 3 is 2.83 bits per heavy atom. The molecule has 0 aliphatic rings. The lowest BCUT2D eigenvalue weighted by Crippen LogP contribution is -2.15. The van der Waals surface area contributed by atoms with E-state index in [4.69, 9.17) is 4.74 Å². The lowest BCUT2D eigenvalue weighted by molar-refractivity contribution is 0.290. The van der Waals surface area contributed by atoms with Crippen molar-refractivity contribution in [2.75, 3.05) is 12.9 Å². The van der Waals surface area contributed by atoms with E-state index < -0.39 is 11.4 Å². The average molecular weight is 347 g/mol. The fourth-order valence-corrected chi connectivity index (χ4v) is 2.44. The van der Waals surface area contributed by atoms with E-state index in [1.165, 1.54) is 30.0 Å². The molecule has 1 aromatic heterocycles. The van der Waals surface area contributed by atoms with Gasteiger partial charge in [0.15, 0.2) is 5.16 Å². The zero-order chi connectivity index (χ0) is 17.7. The number of nitrogens with one attached hydrogen (secondary N) is 1. The molecule has 24 heavy (non-hydrogen) atoms. The lowest BCUT2D eigenvalue weighted by atomic mass is 10.1. The zero-order valence-corrected chi connectivity index (χ0v) is 14.5. The number of nitrogens with zero attached hydrogens (tertiary/aromatic N) is 2. The highest BCUT2D eigenvalue weighted by atomic mass is 32.2. The van der Waals surface area contributed by atoms with Crippen molar-refractivity contribution >= 4 is 11.8 Å². The number of aromatic nitrogens is 2. The standard InChI is InChI=1S/C17H18FN3O2S/c1-10(2)6-7-23-14-5-4-11(18)8-12(14)15-13(9-19)16(22)21-17(20-15)24-3/h4-5,8,10H,6-7H2,1-3H3,(H,20,21,22). The van der Waals surface area contributed by atoms with Gasteiger partial charge in [-0.2, -0.15) is 5.26 Å². The van der Waals surface area contributed by atoms with Crippen LogP contribution in [0.4, 0.5) is 4.39 Å². The van der Waals surface area contributed by atoms with Crippen molar-refractivity contribution < 1.29 is 9.13 Å². The number of hydrogen-bond acceptors (Lipinski definition) is 5. The Morgan fingerprint density at radius 2 is 2.21 bits per heavy atom. The Balaban J connectivity index is 2.55. The van der Waals surface area contributed by atoms with Gasteiger partial charge in [-0.05, 0) is 36.8 Å². The topological polar surface area (TPSA) is 78.8 Å². The maximum atomic E-state index is 13.7. The first kappa shape index (κ1) is 18.0. The van der Waals surface area contributed by atoms with Crippen molar-refractivity contribution in [3.8, 4) is 23.1 Å². The van der Waals surface area contributed by atoms with Crippen LogP contribution in [0.5, 0.6) is 5.75 Å². The monoisotopic (exact) mass is 347 g/mol. The first-order valence-corrected chi connectivity index (χ1v) is 8.69. The van der Waals surface area contributed by atoms with Gasteiger partial charge in [-0.3, -0.25) is 4.79 Å². The molecule has 1 heterocycles. The number of thioether (sulfide) groups is 1. The predicted octanol–water partition coefficient (Wildman–Crippen LogP) is 3.59. The van der Waals surface area contributed by atoms with E-state index in [0.717, 1.165) is 6.42 Å². The van der Waals surface area contributed by atoms with Gasteiger partial charge in [-0.15, -0.1) is 0 Å². The van der Waals surface area contributed by atoms with E-state index in [-0.39, 0.29) is 11.3 Å². The maximum absolute atomic E-state index is 13.7. The summed E-state index contributed by atoms with van der Waals surface area (Å²) in [6.07, 6.45) is 2.58. The average Bonchev–Trinajstić information content (AvgIpc) is 2.55. The largest absolute Gasteiger partial charge is 0.493 e. The van der Waals surface area contributed by atoms with Crippen molar-refractivity contribution in [1.29, 1.82) is 5.26 Å². The van der Waals surface area contributed by atoms with Crippen molar-refractivity contribution in [3.63, 3.8) is 0 Å². The van der Waals surface area contributed by atoms with Gasteiger partial charge in [-0.1, -0.05) is 25.6 Å². The Labute approximate surface area is 143 Å². The van der Waals surface area contributed by atoms with E-state index >= 15 is 0 Å². The van der Waals surface area contributed by atoms with Gasteiger partial charge >= 0.3 is 0 Å². The number of H-pyrrole nitrogens is 1. The van der Waals surface area contributed by atoms with Crippen LogP contribution < -0.4 is 10.3 Å². The molecule has 2 rings (SSSR count). The fraction of sp³-hybridized carbons (Fsp3) is 0.353. The molecule has 1 N–H and O–H groups in total. The molecule has 126 valence electrons. The number of rotatable bonds is 6. The number of ether oxygens (including phenoxy) is 1. The number of aromatic amines is 1. The molecule has 0 atom stereocenters. The highest BCUT2D eigenvalue weighted by molar-refractivity contribution is 7.98. The fourth-order valence-electron chi connectivity index (χ4n) is 2.07. The lowest BCUT2D eigenvalue weighted by Gasteiger charge is -2.13. The summed E-state index contributed by atoms with van der Waals surface area (Å²) in [7, 11) is 0. The van der Waals surface area contributed by atoms with Crippen LogP contribution in [-0.2, 0) is 0 Å². The molecule has 0 unspecified atom stereocenters. The van der Waals surface area contributed by atoms with E-state index in [2.05, 4.69) is 23.8 Å². The molecular formula is C17H18FN3O2S. The maximum Gasteiger partial charge on any atom is 0.270 e. The molecule has 0 bridgehead atoms. The van der Waals surface area contributed by atoms with Gasteiger partial charge in [0.25, 0.3) is 5.56 Å². The quantitative estimate of drug-likeness (QED) is 0.638. The molecule has 0 fully saturated rings. The van der Waals surface area contributed by atoms with Crippen LogP contribution in [-0.4, -0.2) is 22.8 Å². The third-order valence-corrected chi connectivity index (χ3v) is 3.93. The summed E-state index contributed by atoms with van der Waals surface area (Å²) in [6, 6.07) is 5.85. The first-order chi connectivity index (χ1) is 11.5. The molecule has 0 radical (unpaired) electrons. The molecule has 1 aromatic carbocycles. The van der Waals surface area contributed by atoms with Gasteiger partial charge in [0, 0.05) is 5.56 Å². The van der Waals surface area contributed by atoms with Crippen molar-refractivity contribution in [2.24, 2.45) is 5.92 Å². The first-order valence-electron chi connectivity index (χ1n) is 7.47. The summed E-state index contributed by atoms with van der Waals surface area (Å²) < 4.78 is 19.5. The highest BCUT2D eigenvalue weighted by Gasteiger charge is 2.18. The highest BCUT2D eigenvalue weighted by Crippen LogP contribution is 2.31. The third kappa shape index (κ3) is 4.15.